The summed E-state index contributed by atoms with van der Waals surface area (Å²) in [5.41, 5.74) is 6.01. The van der Waals surface area contributed by atoms with E-state index in [-0.39, 0.29) is 0 Å². The number of rotatable bonds is 5. The van der Waals surface area contributed by atoms with Gasteiger partial charge in [0.25, 0.3) is 0 Å². The van der Waals surface area contributed by atoms with Gasteiger partial charge in [-0.15, -0.1) is 0 Å². The van der Waals surface area contributed by atoms with Gasteiger partial charge in [-0.1, -0.05) is 61.9 Å². The fourth-order valence-corrected chi connectivity index (χ4v) is 5.67. The summed E-state index contributed by atoms with van der Waals surface area (Å²) in [6.07, 6.45) is 6.17. The van der Waals surface area contributed by atoms with Crippen molar-refractivity contribution < 1.29 is 5.11 Å². The summed E-state index contributed by atoms with van der Waals surface area (Å²) in [6.45, 7) is 7.64. The normalized spacial score (nSPS) is 27.9. The molecular weight excluding hydrogens is 330 g/mol. The molecule has 0 aromatic heterocycles. The number of hydrogen-bond donors (Lipinski definition) is 1. The second-order valence-corrected chi connectivity index (χ2v) is 8.65. The number of piperidine rings is 1. The molecule has 2 atom stereocenters. The summed E-state index contributed by atoms with van der Waals surface area (Å²) in [5.74, 6) is 0. The van der Waals surface area contributed by atoms with Crippen LogP contribution >= 0.6 is 0 Å². The maximum Gasteiger partial charge on any atom is 0.0931 e. The van der Waals surface area contributed by atoms with Crippen LogP contribution in [0.2, 0.25) is 0 Å². The number of fused-ring (bicyclic) bond motifs is 2. The Morgan fingerprint density at radius 2 is 1.52 bits per heavy atom. The third-order valence-electron chi connectivity index (χ3n) is 6.80. The maximum atomic E-state index is 11.9. The molecule has 0 amide bonds. The maximum absolute atomic E-state index is 11.9. The van der Waals surface area contributed by atoms with Gasteiger partial charge in [0.1, 0.15) is 0 Å². The summed E-state index contributed by atoms with van der Waals surface area (Å²) in [4.78, 5) is 2.66. The minimum atomic E-state index is -0.663. The first kappa shape index (κ1) is 18.7. The highest BCUT2D eigenvalue weighted by Gasteiger charge is 2.49. The Balaban J connectivity index is 1.64. The average Bonchev–Trinajstić information content (AvgIpc) is 2.91. The van der Waals surface area contributed by atoms with E-state index < -0.39 is 5.60 Å². The molecule has 4 rings (SSSR count). The summed E-state index contributed by atoms with van der Waals surface area (Å²) in [7, 11) is 0. The third-order valence-corrected chi connectivity index (χ3v) is 6.80. The molecule has 2 fully saturated rings. The van der Waals surface area contributed by atoms with Crippen LogP contribution in [0, 0.1) is 6.92 Å². The van der Waals surface area contributed by atoms with Crippen LogP contribution < -0.4 is 0 Å². The monoisotopic (exact) mass is 363 g/mol. The lowest BCUT2D eigenvalue weighted by Gasteiger charge is -2.45. The van der Waals surface area contributed by atoms with E-state index in [1.807, 2.05) is 0 Å². The quantitative estimate of drug-likeness (QED) is 0.795. The molecule has 2 aromatic rings. The molecule has 0 saturated carbocycles. The second kappa shape index (κ2) is 7.41. The summed E-state index contributed by atoms with van der Waals surface area (Å²) < 4.78 is 0. The number of nitrogens with zero attached hydrogens (tertiary/aromatic N) is 1. The lowest BCUT2D eigenvalue weighted by molar-refractivity contribution is -0.0605. The molecule has 2 heteroatoms. The van der Waals surface area contributed by atoms with Gasteiger partial charge in [-0.2, -0.15) is 0 Å². The molecule has 2 aromatic carbocycles. The van der Waals surface area contributed by atoms with Gasteiger partial charge in [-0.25, -0.2) is 0 Å². The molecular formula is C25H33NO. The van der Waals surface area contributed by atoms with E-state index in [0.717, 1.165) is 32.2 Å². The summed E-state index contributed by atoms with van der Waals surface area (Å²) >= 11 is 0. The van der Waals surface area contributed by atoms with Gasteiger partial charge in [0.15, 0.2) is 0 Å². The molecule has 1 N–H and O–H groups in total. The Hall–Kier alpha value is -1.64. The topological polar surface area (TPSA) is 23.5 Å². The van der Waals surface area contributed by atoms with E-state index in [9.17, 15) is 5.11 Å². The molecule has 2 unspecified atom stereocenters. The van der Waals surface area contributed by atoms with Crippen molar-refractivity contribution in [3.8, 4) is 0 Å². The highest BCUT2D eigenvalue weighted by Crippen LogP contribution is 2.48. The van der Waals surface area contributed by atoms with Gasteiger partial charge in [0, 0.05) is 18.6 Å². The molecule has 0 spiro atoms. The fraction of sp³-hybridized carbons (Fsp3) is 0.520. The largest absolute Gasteiger partial charge is 0.385 e. The Morgan fingerprint density at radius 3 is 2.04 bits per heavy atom. The number of aliphatic hydroxyl groups is 1. The SMILES string of the molecule is CCc1cc(C)cc(CC)c1C1(O)CC2CCC(C1)N2Cc1ccccc1. The van der Waals surface area contributed by atoms with Crippen molar-refractivity contribution in [1.82, 2.24) is 4.90 Å². The van der Waals surface area contributed by atoms with E-state index in [0.29, 0.717) is 12.1 Å². The predicted molar refractivity (Wildman–Crippen MR) is 112 cm³/mol. The Kier molecular flexibility index (Phi) is 5.13. The number of aryl methyl sites for hydroxylation is 3. The minimum Gasteiger partial charge on any atom is -0.385 e. The van der Waals surface area contributed by atoms with Gasteiger partial charge >= 0.3 is 0 Å². The van der Waals surface area contributed by atoms with Crippen LogP contribution in [0.1, 0.15) is 67.3 Å². The summed E-state index contributed by atoms with van der Waals surface area (Å²) in [5, 5.41) is 11.9. The van der Waals surface area contributed by atoms with Crippen molar-refractivity contribution in [2.24, 2.45) is 0 Å². The fourth-order valence-electron chi connectivity index (χ4n) is 5.67. The third kappa shape index (κ3) is 3.46. The average molecular weight is 364 g/mol. The van der Waals surface area contributed by atoms with Crippen LogP contribution in [0.3, 0.4) is 0 Å². The van der Waals surface area contributed by atoms with Crippen molar-refractivity contribution in [2.75, 3.05) is 0 Å². The van der Waals surface area contributed by atoms with E-state index in [2.05, 4.69) is 68.1 Å². The zero-order chi connectivity index (χ0) is 19.0. The first-order valence-electron chi connectivity index (χ1n) is 10.7. The van der Waals surface area contributed by atoms with E-state index in [4.69, 9.17) is 0 Å². The zero-order valence-electron chi connectivity index (χ0n) is 17.0. The van der Waals surface area contributed by atoms with Gasteiger partial charge in [0.05, 0.1) is 5.60 Å². The van der Waals surface area contributed by atoms with Crippen LogP contribution in [0.25, 0.3) is 0 Å². The molecule has 144 valence electrons. The molecule has 27 heavy (non-hydrogen) atoms. The van der Waals surface area contributed by atoms with Crippen LogP contribution in [-0.4, -0.2) is 22.1 Å². The second-order valence-electron chi connectivity index (χ2n) is 8.65. The molecule has 2 saturated heterocycles. The Bertz CT molecular complexity index is 758. The molecule has 0 radical (unpaired) electrons. The van der Waals surface area contributed by atoms with Crippen molar-refractivity contribution in [2.45, 2.75) is 83.5 Å². The molecule has 2 aliphatic rings. The highest BCUT2D eigenvalue weighted by molar-refractivity contribution is 5.44. The Morgan fingerprint density at radius 1 is 0.963 bits per heavy atom. The van der Waals surface area contributed by atoms with E-state index in [1.54, 1.807) is 0 Å². The number of benzene rings is 2. The molecule has 2 nitrogen and oxygen atoms in total. The first-order valence-corrected chi connectivity index (χ1v) is 10.7. The van der Waals surface area contributed by atoms with E-state index in [1.165, 1.54) is 40.7 Å². The standard InChI is InChI=1S/C25H33NO/c1-4-20-13-18(3)14-21(5-2)24(20)25(27)15-22-11-12-23(16-25)26(22)17-19-9-7-6-8-10-19/h6-10,13-14,22-23,27H,4-5,11-12,15-17H2,1-3H3. The van der Waals surface area contributed by atoms with Gasteiger partial charge in [-0.05, 0) is 67.7 Å². The van der Waals surface area contributed by atoms with Crippen LogP contribution in [0.4, 0.5) is 0 Å². The van der Waals surface area contributed by atoms with Crippen LogP contribution in [0.15, 0.2) is 42.5 Å². The van der Waals surface area contributed by atoms with Crippen molar-refractivity contribution in [3.05, 3.63) is 70.3 Å². The molecule has 2 heterocycles. The van der Waals surface area contributed by atoms with Crippen LogP contribution in [-0.2, 0) is 25.0 Å². The molecule has 2 aliphatic heterocycles. The van der Waals surface area contributed by atoms with Crippen molar-refractivity contribution in [3.63, 3.8) is 0 Å². The minimum absolute atomic E-state index is 0.490. The van der Waals surface area contributed by atoms with Gasteiger partial charge in [0.2, 0.25) is 0 Å². The lowest BCUT2D eigenvalue weighted by atomic mass is 9.75. The zero-order valence-corrected chi connectivity index (χ0v) is 17.0. The van der Waals surface area contributed by atoms with Gasteiger partial charge < -0.3 is 5.11 Å². The highest BCUT2D eigenvalue weighted by atomic mass is 16.3. The predicted octanol–water partition coefficient (Wildman–Crippen LogP) is 5.13. The van der Waals surface area contributed by atoms with Crippen LogP contribution in [0.5, 0.6) is 0 Å². The van der Waals surface area contributed by atoms with E-state index >= 15 is 0 Å². The summed E-state index contributed by atoms with van der Waals surface area (Å²) in [6, 6.07) is 16.4. The smallest absolute Gasteiger partial charge is 0.0931 e. The van der Waals surface area contributed by atoms with Crippen molar-refractivity contribution in [1.29, 1.82) is 0 Å². The van der Waals surface area contributed by atoms with Crippen molar-refractivity contribution >= 4 is 0 Å². The first-order chi connectivity index (χ1) is 13.0. The molecule has 0 aliphatic carbocycles. The lowest BCUT2D eigenvalue weighted by Crippen LogP contribution is -2.49. The molecule has 2 bridgehead atoms. The van der Waals surface area contributed by atoms with Gasteiger partial charge in [-0.3, -0.25) is 4.90 Å². The Labute approximate surface area is 164 Å². The number of hydrogen-bond acceptors (Lipinski definition) is 2.